The maximum absolute atomic E-state index is 9.06. The summed E-state index contributed by atoms with van der Waals surface area (Å²) >= 11 is 3.50. The smallest absolute Gasteiger partial charge is 0.0992 e. The van der Waals surface area contributed by atoms with Crippen molar-refractivity contribution in [2.75, 3.05) is 18.0 Å². The van der Waals surface area contributed by atoms with Gasteiger partial charge in [-0.1, -0.05) is 28.8 Å². The van der Waals surface area contributed by atoms with Crippen molar-refractivity contribution in [2.24, 2.45) is 5.41 Å². The Bertz CT molecular complexity index is 502. The van der Waals surface area contributed by atoms with Crippen LogP contribution in [0.4, 0.5) is 5.69 Å². The molecule has 100 valence electrons. The van der Waals surface area contributed by atoms with Crippen LogP contribution in [0.1, 0.15) is 44.1 Å². The van der Waals surface area contributed by atoms with Crippen molar-refractivity contribution < 1.29 is 0 Å². The van der Waals surface area contributed by atoms with Crippen LogP contribution in [0.5, 0.6) is 0 Å². The SMILES string of the molecule is N#Cc1cc(Br)cc(N2CCC3(CCCC3)CC2)c1. The van der Waals surface area contributed by atoms with Crippen LogP contribution >= 0.6 is 15.9 Å². The molecule has 2 aliphatic rings. The Morgan fingerprint density at radius 1 is 1.05 bits per heavy atom. The molecule has 1 spiro atoms. The number of nitriles is 1. The minimum absolute atomic E-state index is 0.653. The van der Waals surface area contributed by atoms with Gasteiger partial charge in [-0.05, 0) is 49.3 Å². The highest BCUT2D eigenvalue weighted by Gasteiger charge is 2.36. The van der Waals surface area contributed by atoms with Gasteiger partial charge in [-0.3, -0.25) is 0 Å². The molecule has 1 aromatic carbocycles. The van der Waals surface area contributed by atoms with E-state index in [1.165, 1.54) is 44.2 Å². The van der Waals surface area contributed by atoms with Gasteiger partial charge in [0.2, 0.25) is 0 Å². The van der Waals surface area contributed by atoms with Crippen molar-refractivity contribution in [1.82, 2.24) is 0 Å². The van der Waals surface area contributed by atoms with Crippen LogP contribution in [0.25, 0.3) is 0 Å². The molecule has 0 bridgehead atoms. The number of halogens is 1. The van der Waals surface area contributed by atoms with E-state index >= 15 is 0 Å². The molecule has 2 nitrogen and oxygen atoms in total. The van der Waals surface area contributed by atoms with E-state index in [0.29, 0.717) is 5.41 Å². The Hall–Kier alpha value is -1.01. The van der Waals surface area contributed by atoms with E-state index in [-0.39, 0.29) is 0 Å². The zero-order valence-electron chi connectivity index (χ0n) is 11.2. The summed E-state index contributed by atoms with van der Waals surface area (Å²) in [5.74, 6) is 0. The van der Waals surface area contributed by atoms with Gasteiger partial charge < -0.3 is 4.90 Å². The number of hydrogen-bond acceptors (Lipinski definition) is 2. The van der Waals surface area contributed by atoms with Crippen molar-refractivity contribution in [1.29, 1.82) is 5.26 Å². The van der Waals surface area contributed by atoms with Gasteiger partial charge in [-0.25, -0.2) is 0 Å². The van der Waals surface area contributed by atoms with Gasteiger partial charge >= 0.3 is 0 Å². The lowest BCUT2D eigenvalue weighted by molar-refractivity contribution is 0.226. The monoisotopic (exact) mass is 318 g/mol. The first-order valence-corrected chi connectivity index (χ1v) is 7.96. The highest BCUT2D eigenvalue weighted by Crippen LogP contribution is 2.46. The molecule has 1 aromatic rings. The zero-order valence-corrected chi connectivity index (χ0v) is 12.7. The molecule has 19 heavy (non-hydrogen) atoms. The summed E-state index contributed by atoms with van der Waals surface area (Å²) in [4.78, 5) is 2.44. The Morgan fingerprint density at radius 2 is 1.74 bits per heavy atom. The fraction of sp³-hybridized carbons (Fsp3) is 0.562. The molecule has 1 saturated carbocycles. The highest BCUT2D eigenvalue weighted by molar-refractivity contribution is 9.10. The first kappa shape index (κ1) is 13.0. The first-order valence-electron chi connectivity index (χ1n) is 7.16. The molecule has 2 fully saturated rings. The highest BCUT2D eigenvalue weighted by atomic mass is 79.9. The molecule has 1 saturated heterocycles. The van der Waals surface area contributed by atoms with Gasteiger partial charge in [-0.15, -0.1) is 0 Å². The summed E-state index contributed by atoms with van der Waals surface area (Å²) in [6.07, 6.45) is 8.36. The molecule has 0 atom stereocenters. The quantitative estimate of drug-likeness (QED) is 0.763. The number of hydrogen-bond donors (Lipinski definition) is 0. The second kappa shape index (κ2) is 5.17. The van der Waals surface area contributed by atoms with Gasteiger partial charge in [0, 0.05) is 23.2 Å². The summed E-state index contributed by atoms with van der Waals surface area (Å²) in [5, 5.41) is 9.06. The molecular formula is C16H19BrN2. The maximum atomic E-state index is 9.06. The minimum atomic E-state index is 0.653. The second-order valence-corrected chi connectivity index (χ2v) is 6.92. The van der Waals surface area contributed by atoms with Crippen LogP contribution in [0.15, 0.2) is 22.7 Å². The zero-order chi connectivity index (χ0) is 13.3. The van der Waals surface area contributed by atoms with E-state index in [0.717, 1.165) is 23.1 Å². The Labute approximate surface area is 123 Å². The third kappa shape index (κ3) is 2.65. The average molecular weight is 319 g/mol. The van der Waals surface area contributed by atoms with E-state index < -0.39 is 0 Å². The lowest BCUT2D eigenvalue weighted by Crippen LogP contribution is -2.38. The van der Waals surface area contributed by atoms with Gasteiger partial charge in [-0.2, -0.15) is 5.26 Å². The molecule has 0 unspecified atom stereocenters. The summed E-state index contributed by atoms with van der Waals surface area (Å²) < 4.78 is 1.00. The largest absolute Gasteiger partial charge is 0.371 e. The second-order valence-electron chi connectivity index (χ2n) is 6.00. The fourth-order valence-electron chi connectivity index (χ4n) is 3.69. The van der Waals surface area contributed by atoms with Crippen LogP contribution < -0.4 is 4.90 Å². The standard InChI is InChI=1S/C16H19BrN2/c17-14-9-13(12-18)10-15(11-14)19-7-5-16(6-8-19)3-1-2-4-16/h9-11H,1-8H2. The molecule has 1 aliphatic carbocycles. The van der Waals surface area contributed by atoms with Crippen LogP contribution in [0.2, 0.25) is 0 Å². The molecule has 1 heterocycles. The van der Waals surface area contributed by atoms with Gasteiger partial charge in [0.05, 0.1) is 11.6 Å². The normalized spacial score (nSPS) is 21.6. The van der Waals surface area contributed by atoms with Crippen molar-refractivity contribution in [3.05, 3.63) is 28.2 Å². The molecule has 0 radical (unpaired) electrons. The van der Waals surface area contributed by atoms with Crippen LogP contribution in [0, 0.1) is 16.7 Å². The van der Waals surface area contributed by atoms with Crippen molar-refractivity contribution in [3.63, 3.8) is 0 Å². The van der Waals surface area contributed by atoms with E-state index in [4.69, 9.17) is 5.26 Å². The third-order valence-corrected chi connectivity index (χ3v) is 5.32. The molecule has 1 aliphatic heterocycles. The summed E-state index contributed by atoms with van der Waals surface area (Å²) in [6.45, 7) is 2.28. The molecule has 0 N–H and O–H groups in total. The number of benzene rings is 1. The van der Waals surface area contributed by atoms with Crippen LogP contribution in [0.3, 0.4) is 0 Å². The maximum Gasteiger partial charge on any atom is 0.0992 e. The lowest BCUT2D eigenvalue weighted by Gasteiger charge is -2.40. The number of nitrogens with zero attached hydrogens (tertiary/aromatic N) is 2. The van der Waals surface area contributed by atoms with Crippen LogP contribution in [-0.2, 0) is 0 Å². The first-order chi connectivity index (χ1) is 9.21. The Morgan fingerprint density at radius 3 is 2.37 bits per heavy atom. The topological polar surface area (TPSA) is 27.0 Å². The minimum Gasteiger partial charge on any atom is -0.371 e. The third-order valence-electron chi connectivity index (χ3n) is 4.87. The predicted octanol–water partition coefficient (Wildman–Crippen LogP) is 4.48. The predicted molar refractivity (Wildman–Crippen MR) is 81.2 cm³/mol. The van der Waals surface area contributed by atoms with Crippen molar-refractivity contribution in [2.45, 2.75) is 38.5 Å². The fourth-order valence-corrected chi connectivity index (χ4v) is 4.17. The van der Waals surface area contributed by atoms with Crippen LogP contribution in [-0.4, -0.2) is 13.1 Å². The van der Waals surface area contributed by atoms with E-state index in [9.17, 15) is 0 Å². The van der Waals surface area contributed by atoms with Gasteiger partial charge in [0.15, 0.2) is 0 Å². The van der Waals surface area contributed by atoms with Gasteiger partial charge in [0.1, 0.15) is 0 Å². The Balaban J connectivity index is 1.74. The van der Waals surface area contributed by atoms with Crippen molar-refractivity contribution >= 4 is 21.6 Å². The summed E-state index contributed by atoms with van der Waals surface area (Å²) in [5.41, 5.74) is 2.59. The molecule has 3 rings (SSSR count). The lowest BCUT2D eigenvalue weighted by atomic mass is 9.77. The molecular weight excluding hydrogens is 300 g/mol. The average Bonchev–Trinajstić information content (AvgIpc) is 2.87. The van der Waals surface area contributed by atoms with E-state index in [2.05, 4.69) is 33.0 Å². The Kier molecular flexibility index (Phi) is 3.54. The summed E-state index contributed by atoms with van der Waals surface area (Å²) in [6, 6.07) is 8.26. The molecule has 0 amide bonds. The molecule has 0 aromatic heterocycles. The van der Waals surface area contributed by atoms with Crippen molar-refractivity contribution in [3.8, 4) is 6.07 Å². The van der Waals surface area contributed by atoms with E-state index in [1.54, 1.807) is 0 Å². The van der Waals surface area contributed by atoms with Gasteiger partial charge in [0.25, 0.3) is 0 Å². The number of piperidine rings is 1. The summed E-state index contributed by atoms with van der Waals surface area (Å²) in [7, 11) is 0. The molecule has 3 heteroatoms. The number of rotatable bonds is 1. The number of anilines is 1. The van der Waals surface area contributed by atoms with E-state index in [1.807, 2.05) is 12.1 Å².